The summed E-state index contributed by atoms with van der Waals surface area (Å²) >= 11 is 0. The lowest BCUT2D eigenvalue weighted by molar-refractivity contribution is 0.211. The van der Waals surface area contributed by atoms with Gasteiger partial charge in [-0.05, 0) is 24.3 Å². The lowest BCUT2D eigenvalue weighted by Crippen LogP contribution is -2.07. The van der Waals surface area contributed by atoms with Crippen LogP contribution < -0.4 is 11.1 Å². The van der Waals surface area contributed by atoms with Gasteiger partial charge < -0.3 is 15.8 Å². The van der Waals surface area contributed by atoms with Crippen molar-refractivity contribution >= 4 is 21.8 Å². The minimum atomic E-state index is -4.67. The lowest BCUT2D eigenvalue weighted by Gasteiger charge is -2.04. The molecule has 0 atom stereocenters. The first-order valence-corrected chi connectivity index (χ1v) is 6.01. The zero-order valence-electron chi connectivity index (χ0n) is 9.33. The van der Waals surface area contributed by atoms with Gasteiger partial charge in [0, 0.05) is 25.0 Å². The molecule has 7 nitrogen and oxygen atoms in total. The summed E-state index contributed by atoms with van der Waals surface area (Å²) < 4.78 is 36.5. The number of nitrogens with two attached hydrogens (primary N) is 1. The Morgan fingerprint density at radius 1 is 1.29 bits per heavy atom. The fourth-order valence-electron chi connectivity index (χ4n) is 0.898. The molecule has 8 heteroatoms. The van der Waals surface area contributed by atoms with E-state index in [4.69, 9.17) is 28.0 Å². The summed E-state index contributed by atoms with van der Waals surface area (Å²) in [5, 5.41) is 3.19. The van der Waals surface area contributed by atoms with Crippen molar-refractivity contribution in [3.05, 3.63) is 24.3 Å². The minimum absolute atomic E-state index is 0.713. The normalized spacial score (nSPS) is 10.3. The number of nitrogens with one attached hydrogen (secondary N) is 1. The molecule has 0 aliphatic carbocycles. The molecule has 5 N–H and O–H groups in total. The number of anilines is 2. The zero-order valence-corrected chi connectivity index (χ0v) is 10.1. The van der Waals surface area contributed by atoms with Crippen LogP contribution in [0.25, 0.3) is 0 Å². The van der Waals surface area contributed by atoms with E-state index < -0.39 is 10.4 Å². The minimum Gasteiger partial charge on any atom is -0.399 e. The third-order valence-electron chi connectivity index (χ3n) is 1.55. The number of methoxy groups -OCH3 is 1. The molecule has 17 heavy (non-hydrogen) atoms. The van der Waals surface area contributed by atoms with Gasteiger partial charge in [0.2, 0.25) is 0 Å². The zero-order chi connectivity index (χ0) is 13.3. The lowest BCUT2D eigenvalue weighted by atomic mass is 10.3. The van der Waals surface area contributed by atoms with Crippen LogP contribution in [0.3, 0.4) is 0 Å². The van der Waals surface area contributed by atoms with E-state index in [2.05, 4.69) is 5.32 Å². The van der Waals surface area contributed by atoms with E-state index in [1.165, 1.54) is 0 Å². The van der Waals surface area contributed by atoms with Gasteiger partial charge >= 0.3 is 10.4 Å². The molecule has 1 aromatic carbocycles. The smallest absolute Gasteiger partial charge is 0.394 e. The molecule has 0 aliphatic heterocycles. The van der Waals surface area contributed by atoms with Gasteiger partial charge in [0.1, 0.15) is 0 Å². The molecule has 0 heterocycles. The van der Waals surface area contributed by atoms with Crippen LogP contribution in [0.2, 0.25) is 0 Å². The molecule has 0 spiro atoms. The molecule has 1 rings (SSSR count). The highest BCUT2D eigenvalue weighted by Crippen LogP contribution is 2.09. The maximum absolute atomic E-state index is 8.74. The number of benzene rings is 1. The van der Waals surface area contributed by atoms with Crippen molar-refractivity contribution in [2.45, 2.75) is 0 Å². The van der Waals surface area contributed by atoms with Gasteiger partial charge in [-0.3, -0.25) is 9.11 Å². The number of hydrogen-bond donors (Lipinski definition) is 4. The van der Waals surface area contributed by atoms with E-state index in [0.717, 1.165) is 17.9 Å². The molecular weight excluding hydrogens is 248 g/mol. The van der Waals surface area contributed by atoms with Crippen LogP contribution in [0.5, 0.6) is 0 Å². The average molecular weight is 264 g/mol. The average Bonchev–Trinajstić information content (AvgIpc) is 2.19. The predicted molar refractivity (Wildman–Crippen MR) is 65.4 cm³/mol. The Morgan fingerprint density at radius 2 is 1.76 bits per heavy atom. The number of rotatable bonds is 4. The van der Waals surface area contributed by atoms with Gasteiger partial charge in [0.25, 0.3) is 0 Å². The van der Waals surface area contributed by atoms with E-state index in [1.807, 2.05) is 24.3 Å². The van der Waals surface area contributed by atoms with Crippen molar-refractivity contribution in [2.24, 2.45) is 0 Å². The Morgan fingerprint density at radius 3 is 2.18 bits per heavy atom. The number of hydrogen-bond acceptors (Lipinski definition) is 5. The summed E-state index contributed by atoms with van der Waals surface area (Å²) in [5.41, 5.74) is 7.38. The van der Waals surface area contributed by atoms with Crippen LogP contribution in [0.1, 0.15) is 0 Å². The maximum atomic E-state index is 8.74. The highest BCUT2D eigenvalue weighted by molar-refractivity contribution is 7.79. The van der Waals surface area contributed by atoms with Gasteiger partial charge in [0.15, 0.2) is 0 Å². The molecule has 0 radical (unpaired) electrons. The van der Waals surface area contributed by atoms with Gasteiger partial charge in [-0.2, -0.15) is 8.42 Å². The van der Waals surface area contributed by atoms with Crippen molar-refractivity contribution in [3.63, 3.8) is 0 Å². The topological polar surface area (TPSA) is 122 Å². The number of nitrogen functional groups attached to an aromatic ring is 1. The second-order valence-electron chi connectivity index (χ2n) is 2.99. The Balaban J connectivity index is 0.000000437. The standard InChI is InChI=1S/C9H14N2O.H2O4S/c1-12-7-6-11-9-4-2-8(10)3-5-9;1-5(2,3)4/h2-5,11H,6-7,10H2,1H3;(H2,1,2,3,4). The van der Waals surface area contributed by atoms with E-state index in [1.54, 1.807) is 7.11 Å². The van der Waals surface area contributed by atoms with Crippen molar-refractivity contribution in [1.82, 2.24) is 0 Å². The molecule has 0 amide bonds. The molecule has 0 aliphatic rings. The molecule has 0 aromatic heterocycles. The largest absolute Gasteiger partial charge is 0.399 e. The van der Waals surface area contributed by atoms with Crippen LogP contribution in [-0.4, -0.2) is 37.8 Å². The molecule has 1 aromatic rings. The van der Waals surface area contributed by atoms with Crippen LogP contribution in [-0.2, 0) is 15.1 Å². The van der Waals surface area contributed by atoms with E-state index in [9.17, 15) is 0 Å². The highest BCUT2D eigenvalue weighted by Gasteiger charge is 1.89. The van der Waals surface area contributed by atoms with E-state index in [-0.39, 0.29) is 0 Å². The first kappa shape index (κ1) is 15.7. The van der Waals surface area contributed by atoms with Crippen LogP contribution in [0.15, 0.2) is 24.3 Å². The van der Waals surface area contributed by atoms with E-state index >= 15 is 0 Å². The summed E-state index contributed by atoms with van der Waals surface area (Å²) in [6.45, 7) is 1.53. The maximum Gasteiger partial charge on any atom is 0.394 e. The summed E-state index contributed by atoms with van der Waals surface area (Å²) in [6, 6.07) is 7.64. The Kier molecular flexibility index (Phi) is 7.22. The molecule has 0 fully saturated rings. The van der Waals surface area contributed by atoms with Gasteiger partial charge in [-0.25, -0.2) is 0 Å². The molecule has 98 valence electrons. The Labute approximate surface area is 100 Å². The summed E-state index contributed by atoms with van der Waals surface area (Å²) in [6.07, 6.45) is 0. The fraction of sp³-hybridized carbons (Fsp3) is 0.333. The third-order valence-corrected chi connectivity index (χ3v) is 1.55. The highest BCUT2D eigenvalue weighted by atomic mass is 32.3. The third kappa shape index (κ3) is 12.6. The quantitative estimate of drug-likeness (QED) is 0.358. The molecule has 0 unspecified atom stereocenters. The Hall–Kier alpha value is -1.35. The summed E-state index contributed by atoms with van der Waals surface area (Å²) in [5.74, 6) is 0. The number of ether oxygens (including phenoxy) is 1. The van der Waals surface area contributed by atoms with Crippen molar-refractivity contribution in [1.29, 1.82) is 0 Å². The predicted octanol–water partition coefficient (Wildman–Crippen LogP) is 0.674. The first-order valence-electron chi connectivity index (χ1n) is 4.61. The summed E-state index contributed by atoms with van der Waals surface area (Å²) in [7, 11) is -2.98. The van der Waals surface area contributed by atoms with Crippen molar-refractivity contribution in [2.75, 3.05) is 31.3 Å². The molecule has 0 saturated carbocycles. The molecular formula is C9H16N2O5S. The Bertz CT molecular complexity index is 396. The van der Waals surface area contributed by atoms with Gasteiger partial charge in [-0.1, -0.05) is 0 Å². The van der Waals surface area contributed by atoms with Crippen molar-refractivity contribution < 1.29 is 22.3 Å². The van der Waals surface area contributed by atoms with Gasteiger partial charge in [-0.15, -0.1) is 0 Å². The molecule has 0 bridgehead atoms. The first-order chi connectivity index (χ1) is 7.83. The van der Waals surface area contributed by atoms with Crippen LogP contribution in [0, 0.1) is 0 Å². The summed E-state index contributed by atoms with van der Waals surface area (Å²) in [4.78, 5) is 0. The monoisotopic (exact) mass is 264 g/mol. The fourth-order valence-corrected chi connectivity index (χ4v) is 0.898. The molecule has 0 saturated heterocycles. The second kappa shape index (κ2) is 7.85. The SMILES string of the molecule is COCCNc1ccc(N)cc1.O=S(=O)(O)O. The van der Waals surface area contributed by atoms with E-state index in [0.29, 0.717) is 6.61 Å². The van der Waals surface area contributed by atoms with Crippen molar-refractivity contribution in [3.8, 4) is 0 Å². The second-order valence-corrected chi connectivity index (χ2v) is 3.89. The van der Waals surface area contributed by atoms with Gasteiger partial charge in [0.05, 0.1) is 6.61 Å². The van der Waals surface area contributed by atoms with Crippen LogP contribution >= 0.6 is 0 Å². The van der Waals surface area contributed by atoms with Crippen LogP contribution in [0.4, 0.5) is 11.4 Å².